The van der Waals surface area contributed by atoms with Gasteiger partial charge in [0.2, 0.25) is 0 Å². The second-order valence-electron chi connectivity index (χ2n) is 6.12. The van der Waals surface area contributed by atoms with Gasteiger partial charge in [0.05, 0.1) is 12.5 Å². The first kappa shape index (κ1) is 17.4. The first-order valence-corrected chi connectivity index (χ1v) is 8.30. The van der Waals surface area contributed by atoms with Gasteiger partial charge >= 0.3 is 5.63 Å². The number of nitrogens with zero attached hydrogens (tertiary/aromatic N) is 2. The van der Waals surface area contributed by atoms with Crippen LogP contribution in [-0.2, 0) is 0 Å². The van der Waals surface area contributed by atoms with E-state index < -0.39 is 11.5 Å². The molecule has 0 radical (unpaired) electrons. The van der Waals surface area contributed by atoms with Crippen molar-refractivity contribution in [2.45, 2.75) is 20.3 Å². The lowest BCUT2D eigenvalue weighted by atomic mass is 10.1. The number of aryl methyl sites for hydroxylation is 2. The molecule has 0 aliphatic carbocycles. The van der Waals surface area contributed by atoms with Gasteiger partial charge < -0.3 is 9.32 Å². The second kappa shape index (κ2) is 7.24. The smallest absolute Gasteiger partial charge is 0.349 e. The van der Waals surface area contributed by atoms with Crippen molar-refractivity contribution in [3.05, 3.63) is 75.6 Å². The Bertz CT molecular complexity index is 1080. The van der Waals surface area contributed by atoms with E-state index in [-0.39, 0.29) is 18.5 Å². The summed E-state index contributed by atoms with van der Waals surface area (Å²) >= 11 is 0. The first-order valence-electron chi connectivity index (χ1n) is 8.30. The SMILES string of the molecule is Cc1ccc(N(CCC#N)C(=O)c2cc3ccccc3oc2=O)cc1C. The highest BCUT2D eigenvalue weighted by Gasteiger charge is 2.22. The Kier molecular flexibility index (Phi) is 4.85. The molecule has 0 aliphatic heterocycles. The average molecular weight is 346 g/mol. The number of nitriles is 1. The van der Waals surface area contributed by atoms with Crippen LogP contribution in [-0.4, -0.2) is 12.5 Å². The van der Waals surface area contributed by atoms with E-state index in [1.54, 1.807) is 24.3 Å². The molecular weight excluding hydrogens is 328 g/mol. The lowest BCUT2D eigenvalue weighted by molar-refractivity contribution is 0.0984. The van der Waals surface area contributed by atoms with Crippen LogP contribution in [0.15, 0.2) is 57.7 Å². The number of carbonyl (C=O) groups is 1. The normalized spacial score (nSPS) is 10.5. The number of hydrogen-bond acceptors (Lipinski definition) is 4. The summed E-state index contributed by atoms with van der Waals surface area (Å²) in [6, 6.07) is 16.3. The molecule has 26 heavy (non-hydrogen) atoms. The van der Waals surface area contributed by atoms with E-state index in [4.69, 9.17) is 9.68 Å². The molecular formula is C21H18N2O3. The topological polar surface area (TPSA) is 74.3 Å². The second-order valence-corrected chi connectivity index (χ2v) is 6.12. The zero-order chi connectivity index (χ0) is 18.7. The van der Waals surface area contributed by atoms with Crippen LogP contribution >= 0.6 is 0 Å². The van der Waals surface area contributed by atoms with Crippen LogP contribution in [0.25, 0.3) is 11.0 Å². The van der Waals surface area contributed by atoms with E-state index >= 15 is 0 Å². The van der Waals surface area contributed by atoms with Gasteiger partial charge in [0.25, 0.3) is 5.91 Å². The monoisotopic (exact) mass is 346 g/mol. The highest BCUT2D eigenvalue weighted by molar-refractivity contribution is 6.07. The van der Waals surface area contributed by atoms with E-state index in [2.05, 4.69) is 0 Å². The molecule has 1 amide bonds. The van der Waals surface area contributed by atoms with Crippen LogP contribution < -0.4 is 10.5 Å². The van der Waals surface area contributed by atoms with Crippen molar-refractivity contribution >= 4 is 22.6 Å². The van der Waals surface area contributed by atoms with Gasteiger partial charge in [0.15, 0.2) is 0 Å². The molecule has 3 aromatic rings. The van der Waals surface area contributed by atoms with Gasteiger partial charge in [-0.1, -0.05) is 24.3 Å². The number of fused-ring (bicyclic) bond motifs is 1. The highest BCUT2D eigenvalue weighted by Crippen LogP contribution is 2.22. The molecule has 0 N–H and O–H groups in total. The van der Waals surface area contributed by atoms with Crippen molar-refractivity contribution in [2.24, 2.45) is 0 Å². The van der Waals surface area contributed by atoms with Gasteiger partial charge in [-0.2, -0.15) is 5.26 Å². The Morgan fingerprint density at radius 2 is 1.88 bits per heavy atom. The minimum absolute atomic E-state index is 0.0418. The van der Waals surface area contributed by atoms with Crippen molar-refractivity contribution < 1.29 is 9.21 Å². The van der Waals surface area contributed by atoms with E-state index in [1.807, 2.05) is 44.2 Å². The quantitative estimate of drug-likeness (QED) is 0.670. The molecule has 0 atom stereocenters. The maximum atomic E-state index is 13.1. The number of benzene rings is 2. The third-order valence-corrected chi connectivity index (χ3v) is 4.37. The largest absolute Gasteiger partial charge is 0.422 e. The van der Waals surface area contributed by atoms with Gasteiger partial charge in [0.1, 0.15) is 11.1 Å². The first-order chi connectivity index (χ1) is 12.5. The molecule has 1 aromatic heterocycles. The standard InChI is InChI=1S/C21H18N2O3/c1-14-8-9-17(12-15(14)2)23(11-5-10-22)20(24)18-13-16-6-3-4-7-19(16)26-21(18)25/h3-4,6-9,12-13H,5,11H2,1-2H3. The third-order valence-electron chi connectivity index (χ3n) is 4.37. The van der Waals surface area contributed by atoms with Gasteiger partial charge in [-0.15, -0.1) is 0 Å². The van der Waals surface area contributed by atoms with E-state index in [0.717, 1.165) is 11.1 Å². The highest BCUT2D eigenvalue weighted by atomic mass is 16.4. The molecule has 0 aliphatic rings. The van der Waals surface area contributed by atoms with Crippen molar-refractivity contribution in [1.82, 2.24) is 0 Å². The number of anilines is 1. The van der Waals surface area contributed by atoms with Crippen LogP contribution in [0, 0.1) is 25.2 Å². The number of amides is 1. The average Bonchev–Trinajstić information content (AvgIpc) is 2.64. The molecule has 0 saturated heterocycles. The number of para-hydroxylation sites is 1. The summed E-state index contributed by atoms with van der Waals surface area (Å²) < 4.78 is 5.28. The Balaban J connectivity index is 2.08. The summed E-state index contributed by atoms with van der Waals surface area (Å²) in [7, 11) is 0. The fourth-order valence-corrected chi connectivity index (χ4v) is 2.76. The van der Waals surface area contributed by atoms with Gasteiger partial charge in [-0.3, -0.25) is 4.79 Å². The summed E-state index contributed by atoms with van der Waals surface area (Å²) in [6.45, 7) is 4.14. The zero-order valence-corrected chi connectivity index (χ0v) is 14.7. The van der Waals surface area contributed by atoms with Gasteiger partial charge in [-0.25, -0.2) is 4.79 Å². The maximum absolute atomic E-state index is 13.1. The fraction of sp³-hybridized carbons (Fsp3) is 0.190. The van der Waals surface area contributed by atoms with Crippen LogP contribution in [0.5, 0.6) is 0 Å². The Morgan fingerprint density at radius 1 is 1.12 bits per heavy atom. The molecule has 3 rings (SSSR count). The van der Waals surface area contributed by atoms with Crippen LogP contribution in [0.3, 0.4) is 0 Å². The summed E-state index contributed by atoms with van der Waals surface area (Å²) in [4.78, 5) is 26.8. The Morgan fingerprint density at radius 3 is 2.62 bits per heavy atom. The molecule has 0 fully saturated rings. The van der Waals surface area contributed by atoms with Gasteiger partial charge in [0, 0.05) is 17.6 Å². The molecule has 1 heterocycles. The molecule has 0 bridgehead atoms. The van der Waals surface area contributed by atoms with Crippen molar-refractivity contribution in [1.29, 1.82) is 5.26 Å². The third kappa shape index (κ3) is 3.35. The van der Waals surface area contributed by atoms with E-state index in [9.17, 15) is 9.59 Å². The predicted molar refractivity (Wildman–Crippen MR) is 100 cm³/mol. The lowest BCUT2D eigenvalue weighted by Crippen LogP contribution is -2.35. The minimum atomic E-state index is -0.681. The Labute approximate surface area is 151 Å². The van der Waals surface area contributed by atoms with Crippen LogP contribution in [0.1, 0.15) is 27.9 Å². The number of carbonyl (C=O) groups excluding carboxylic acids is 1. The summed E-state index contributed by atoms with van der Waals surface area (Å²) in [6.07, 6.45) is 0.164. The van der Waals surface area contributed by atoms with Crippen LogP contribution in [0.4, 0.5) is 5.69 Å². The maximum Gasteiger partial charge on any atom is 0.349 e. The number of rotatable bonds is 4. The van der Waals surface area contributed by atoms with Crippen molar-refractivity contribution in [3.8, 4) is 6.07 Å². The summed E-state index contributed by atoms with van der Waals surface area (Å²) in [5.41, 5.74) is 2.50. The molecule has 130 valence electrons. The minimum Gasteiger partial charge on any atom is -0.422 e. The molecule has 0 saturated carbocycles. The lowest BCUT2D eigenvalue weighted by Gasteiger charge is -2.22. The van der Waals surface area contributed by atoms with Crippen molar-refractivity contribution in [2.75, 3.05) is 11.4 Å². The predicted octanol–water partition coefficient (Wildman–Crippen LogP) is 3.97. The summed E-state index contributed by atoms with van der Waals surface area (Å²) in [5, 5.41) is 9.62. The fourth-order valence-electron chi connectivity index (χ4n) is 2.76. The number of hydrogen-bond donors (Lipinski definition) is 0. The summed E-state index contributed by atoms with van der Waals surface area (Å²) in [5.74, 6) is -0.469. The van der Waals surface area contributed by atoms with Gasteiger partial charge in [-0.05, 0) is 49.2 Å². The molecule has 0 spiro atoms. The molecule has 5 nitrogen and oxygen atoms in total. The van der Waals surface area contributed by atoms with E-state index in [1.165, 1.54) is 4.90 Å². The Hall–Kier alpha value is -3.39. The zero-order valence-electron chi connectivity index (χ0n) is 14.7. The van der Waals surface area contributed by atoms with E-state index in [0.29, 0.717) is 16.7 Å². The molecule has 0 unspecified atom stereocenters. The van der Waals surface area contributed by atoms with Crippen molar-refractivity contribution in [3.63, 3.8) is 0 Å². The molecule has 5 heteroatoms. The van der Waals surface area contributed by atoms with Crippen LogP contribution in [0.2, 0.25) is 0 Å². The molecule has 2 aromatic carbocycles.